The van der Waals surface area contributed by atoms with Gasteiger partial charge in [0.25, 0.3) is 6.43 Å². The summed E-state index contributed by atoms with van der Waals surface area (Å²) in [5, 5.41) is -0.0170. The van der Waals surface area contributed by atoms with Crippen molar-refractivity contribution in [1.82, 2.24) is 4.98 Å². The summed E-state index contributed by atoms with van der Waals surface area (Å²) in [7, 11) is 0. The Labute approximate surface area is 92.6 Å². The van der Waals surface area contributed by atoms with Crippen LogP contribution >= 0.6 is 34.2 Å². The van der Waals surface area contributed by atoms with Crippen molar-refractivity contribution in [2.24, 2.45) is 5.73 Å². The van der Waals surface area contributed by atoms with Gasteiger partial charge in [0.1, 0.15) is 0 Å². The van der Waals surface area contributed by atoms with E-state index in [1.807, 2.05) is 0 Å². The number of aromatic nitrogens is 1. The molecule has 13 heavy (non-hydrogen) atoms. The highest BCUT2D eigenvalue weighted by atomic mass is 127. The third kappa shape index (κ3) is 2.26. The van der Waals surface area contributed by atoms with Crippen LogP contribution in [0.4, 0.5) is 8.78 Å². The summed E-state index contributed by atoms with van der Waals surface area (Å²) >= 11 is 7.34. The average Bonchev–Trinajstić information content (AvgIpc) is 2.04. The number of hydrogen-bond donors (Lipinski definition) is 1. The van der Waals surface area contributed by atoms with Crippen LogP contribution in [0.3, 0.4) is 0 Å². The first-order valence-electron chi connectivity index (χ1n) is 3.39. The second-order valence-corrected chi connectivity index (χ2v) is 3.77. The van der Waals surface area contributed by atoms with E-state index in [9.17, 15) is 8.78 Å². The Balaban J connectivity index is 3.30. The minimum atomic E-state index is -2.59. The quantitative estimate of drug-likeness (QED) is 0.852. The molecule has 0 aromatic carbocycles. The molecule has 0 unspecified atom stereocenters. The highest BCUT2D eigenvalue weighted by Crippen LogP contribution is 2.31. The van der Waals surface area contributed by atoms with Gasteiger partial charge in [-0.05, 0) is 22.6 Å². The first-order valence-corrected chi connectivity index (χ1v) is 4.84. The lowest BCUT2D eigenvalue weighted by molar-refractivity contribution is 0.150. The second kappa shape index (κ2) is 4.47. The predicted molar refractivity (Wildman–Crippen MR) is 54.8 cm³/mol. The van der Waals surface area contributed by atoms with Crippen LogP contribution in [0.5, 0.6) is 0 Å². The molecule has 0 saturated heterocycles. The van der Waals surface area contributed by atoms with Gasteiger partial charge >= 0.3 is 0 Å². The molecule has 2 nitrogen and oxygen atoms in total. The number of alkyl halides is 2. The summed E-state index contributed by atoms with van der Waals surface area (Å²) in [6.07, 6.45) is -1.39. The van der Waals surface area contributed by atoms with Crippen LogP contribution in [-0.4, -0.2) is 4.98 Å². The van der Waals surface area contributed by atoms with E-state index < -0.39 is 6.43 Å². The van der Waals surface area contributed by atoms with Gasteiger partial charge in [0.05, 0.1) is 16.3 Å². The van der Waals surface area contributed by atoms with Crippen molar-refractivity contribution in [3.05, 3.63) is 26.0 Å². The van der Waals surface area contributed by atoms with Crippen LogP contribution in [0.1, 0.15) is 17.7 Å². The molecular formula is C7H6ClF2IN2. The predicted octanol–water partition coefficient (Wildman–Crippen LogP) is 2.74. The molecule has 1 heterocycles. The van der Waals surface area contributed by atoms with E-state index in [2.05, 4.69) is 4.98 Å². The fourth-order valence-electron chi connectivity index (χ4n) is 0.863. The smallest absolute Gasteiger partial charge is 0.266 e. The van der Waals surface area contributed by atoms with E-state index in [1.165, 1.54) is 6.20 Å². The number of nitrogens with zero attached hydrogens (tertiary/aromatic N) is 1. The summed E-state index contributed by atoms with van der Waals surface area (Å²) in [6.45, 7) is 0.134. The van der Waals surface area contributed by atoms with Crippen molar-refractivity contribution < 1.29 is 8.78 Å². The Morgan fingerprint density at radius 3 is 2.69 bits per heavy atom. The van der Waals surface area contributed by atoms with Gasteiger partial charge in [0, 0.05) is 16.3 Å². The van der Waals surface area contributed by atoms with Gasteiger partial charge in [-0.25, -0.2) is 8.78 Å². The lowest BCUT2D eigenvalue weighted by atomic mass is 10.2. The highest BCUT2D eigenvalue weighted by molar-refractivity contribution is 14.1. The average molecular weight is 318 g/mol. The summed E-state index contributed by atoms with van der Waals surface area (Å²) < 4.78 is 25.2. The molecule has 0 saturated carbocycles. The maximum Gasteiger partial charge on any atom is 0.266 e. The van der Waals surface area contributed by atoms with Crippen LogP contribution in [0.25, 0.3) is 0 Å². The Morgan fingerprint density at radius 2 is 2.23 bits per heavy atom. The Morgan fingerprint density at radius 1 is 1.62 bits per heavy atom. The van der Waals surface area contributed by atoms with E-state index in [1.54, 1.807) is 22.6 Å². The van der Waals surface area contributed by atoms with Crippen molar-refractivity contribution in [2.75, 3.05) is 0 Å². The zero-order valence-electron chi connectivity index (χ0n) is 6.40. The largest absolute Gasteiger partial charge is 0.325 e. The Bertz CT molecular complexity index is 320. The first kappa shape index (κ1) is 11.1. The summed E-state index contributed by atoms with van der Waals surface area (Å²) in [4.78, 5) is 3.84. The summed E-state index contributed by atoms with van der Waals surface area (Å²) in [5.74, 6) is 0. The van der Waals surface area contributed by atoms with Gasteiger partial charge in [-0.1, -0.05) is 11.6 Å². The fourth-order valence-corrected chi connectivity index (χ4v) is 2.13. The number of hydrogen-bond acceptors (Lipinski definition) is 2. The molecule has 0 bridgehead atoms. The minimum Gasteiger partial charge on any atom is -0.325 e. The zero-order valence-corrected chi connectivity index (χ0v) is 9.31. The van der Waals surface area contributed by atoms with Gasteiger partial charge in [-0.3, -0.25) is 4.98 Å². The number of nitrogens with two attached hydrogens (primary N) is 1. The van der Waals surface area contributed by atoms with E-state index >= 15 is 0 Å². The highest BCUT2D eigenvalue weighted by Gasteiger charge is 2.18. The maximum atomic E-state index is 12.4. The molecule has 0 aliphatic heterocycles. The topological polar surface area (TPSA) is 38.9 Å². The molecule has 0 aliphatic carbocycles. The van der Waals surface area contributed by atoms with Gasteiger partial charge in [0.2, 0.25) is 0 Å². The van der Waals surface area contributed by atoms with Crippen molar-refractivity contribution >= 4 is 34.2 Å². The van der Waals surface area contributed by atoms with Crippen LogP contribution < -0.4 is 5.73 Å². The van der Waals surface area contributed by atoms with E-state index in [-0.39, 0.29) is 17.1 Å². The molecule has 0 atom stereocenters. The van der Waals surface area contributed by atoms with Crippen molar-refractivity contribution in [1.29, 1.82) is 0 Å². The summed E-state index contributed by atoms with van der Waals surface area (Å²) in [6, 6.07) is 0. The molecule has 1 rings (SSSR count). The molecule has 1 aromatic rings. The van der Waals surface area contributed by atoms with Crippen molar-refractivity contribution in [3.63, 3.8) is 0 Å². The molecule has 2 N–H and O–H groups in total. The molecule has 0 radical (unpaired) electrons. The lowest BCUT2D eigenvalue weighted by Gasteiger charge is -2.08. The number of pyridine rings is 1. The molecule has 6 heteroatoms. The van der Waals surface area contributed by atoms with Crippen molar-refractivity contribution in [3.8, 4) is 0 Å². The third-order valence-corrected chi connectivity index (χ3v) is 3.00. The van der Waals surface area contributed by atoms with E-state index in [4.69, 9.17) is 17.3 Å². The molecule has 0 amide bonds. The van der Waals surface area contributed by atoms with Gasteiger partial charge in [-0.2, -0.15) is 0 Å². The monoisotopic (exact) mass is 318 g/mol. The molecule has 0 fully saturated rings. The normalized spacial score (nSPS) is 10.9. The van der Waals surface area contributed by atoms with Gasteiger partial charge in [0.15, 0.2) is 0 Å². The van der Waals surface area contributed by atoms with Gasteiger partial charge < -0.3 is 5.73 Å². The molecule has 1 aromatic heterocycles. The van der Waals surface area contributed by atoms with Crippen LogP contribution in [0.15, 0.2) is 6.20 Å². The molecular weight excluding hydrogens is 312 g/mol. The maximum absolute atomic E-state index is 12.4. The molecule has 72 valence electrons. The first-order chi connectivity index (χ1) is 6.07. The molecule has 0 aliphatic rings. The Kier molecular flexibility index (Phi) is 3.81. The Hall–Kier alpha value is -0.0100. The van der Waals surface area contributed by atoms with E-state index in [0.717, 1.165) is 0 Å². The molecule has 0 spiro atoms. The number of halogens is 4. The lowest BCUT2D eigenvalue weighted by Crippen LogP contribution is -2.05. The zero-order chi connectivity index (χ0) is 10.0. The SMILES string of the molecule is NCc1ncc(Cl)c(C(F)F)c1I. The standard InChI is InChI=1S/C7H6ClF2IN2/c8-3-2-13-4(1-12)6(11)5(3)7(9)10/h2,7H,1,12H2. The fraction of sp³-hybridized carbons (Fsp3) is 0.286. The van der Waals surface area contributed by atoms with Crippen LogP contribution in [0.2, 0.25) is 5.02 Å². The third-order valence-electron chi connectivity index (χ3n) is 1.49. The number of rotatable bonds is 2. The summed E-state index contributed by atoms with van der Waals surface area (Å²) in [5.41, 5.74) is 5.58. The second-order valence-electron chi connectivity index (χ2n) is 2.29. The van der Waals surface area contributed by atoms with Gasteiger partial charge in [-0.15, -0.1) is 0 Å². The van der Waals surface area contributed by atoms with Crippen LogP contribution in [0, 0.1) is 3.57 Å². The van der Waals surface area contributed by atoms with Crippen LogP contribution in [-0.2, 0) is 6.54 Å². The minimum absolute atomic E-state index is 0.0170. The van der Waals surface area contributed by atoms with E-state index in [0.29, 0.717) is 9.26 Å². The van der Waals surface area contributed by atoms with Crippen molar-refractivity contribution in [2.45, 2.75) is 13.0 Å².